The monoisotopic (exact) mass is 445 g/mol. The van der Waals surface area contributed by atoms with E-state index in [1.165, 1.54) is 11.5 Å². The number of hydrogen-bond donors (Lipinski definition) is 0. The summed E-state index contributed by atoms with van der Waals surface area (Å²) < 4.78 is 18.9. The van der Waals surface area contributed by atoms with Crippen LogP contribution >= 0.6 is 0 Å². The highest BCUT2D eigenvalue weighted by atomic mass is 19.1. The number of para-hydroxylation sites is 1. The summed E-state index contributed by atoms with van der Waals surface area (Å²) in [6.07, 6.45) is 2.05. The van der Waals surface area contributed by atoms with E-state index in [0.717, 1.165) is 34.0 Å². The maximum absolute atomic E-state index is 14.8. The number of aryl methyl sites for hydroxylation is 1. The lowest BCUT2D eigenvalue weighted by molar-refractivity contribution is 0.625. The molecule has 3 heterocycles. The molecule has 6 rings (SSSR count). The Morgan fingerprint density at radius 1 is 0.941 bits per heavy atom. The van der Waals surface area contributed by atoms with Crippen LogP contribution in [-0.4, -0.2) is 25.0 Å². The minimum Gasteiger partial charge on any atom is -0.336 e. The van der Waals surface area contributed by atoms with Gasteiger partial charge in [-0.25, -0.2) is 4.39 Å². The summed E-state index contributed by atoms with van der Waals surface area (Å²) in [4.78, 5) is 4.75. The molecule has 1 aliphatic heterocycles. The molecule has 0 spiro atoms. The summed E-state index contributed by atoms with van der Waals surface area (Å²) in [5.74, 6) is 7.74. The average molecular weight is 446 g/mol. The lowest BCUT2D eigenvalue weighted by Crippen LogP contribution is -2.10. The molecule has 0 bridgehead atoms. The first-order chi connectivity index (χ1) is 16.7. The summed E-state index contributed by atoms with van der Waals surface area (Å²) in [7, 11) is 0. The second-order valence-corrected chi connectivity index (χ2v) is 8.18. The van der Waals surface area contributed by atoms with E-state index < -0.39 is 0 Å². The predicted molar refractivity (Wildman–Crippen MR) is 131 cm³/mol. The lowest BCUT2D eigenvalue weighted by Gasteiger charge is -2.13. The molecule has 34 heavy (non-hydrogen) atoms. The van der Waals surface area contributed by atoms with Gasteiger partial charge in [0.15, 0.2) is 5.82 Å². The zero-order valence-electron chi connectivity index (χ0n) is 18.5. The van der Waals surface area contributed by atoms with E-state index in [1.807, 2.05) is 47.9 Å². The third-order valence-corrected chi connectivity index (χ3v) is 6.05. The minimum absolute atomic E-state index is 0.308. The summed E-state index contributed by atoms with van der Waals surface area (Å²) in [5.41, 5.74) is 4.74. The fourth-order valence-corrected chi connectivity index (χ4v) is 4.44. The van der Waals surface area contributed by atoms with Gasteiger partial charge in [-0.15, -0.1) is 10.2 Å². The molecular weight excluding hydrogens is 425 g/mol. The van der Waals surface area contributed by atoms with Crippen LogP contribution in [0.1, 0.15) is 28.3 Å². The smallest absolute Gasteiger partial charge is 0.159 e. The van der Waals surface area contributed by atoms with Crippen LogP contribution in [0.3, 0.4) is 0 Å². The van der Waals surface area contributed by atoms with E-state index >= 15 is 0 Å². The van der Waals surface area contributed by atoms with Gasteiger partial charge >= 0.3 is 0 Å². The molecule has 164 valence electrons. The SMILES string of the molecule is Cc1nnc2n1-c1ccc(C#CCn3ccc4ccccc43)cc1C(c1ccccc1F)=NC2. The predicted octanol–water partition coefficient (Wildman–Crippen LogP) is 5.07. The molecule has 6 heteroatoms. The molecule has 2 aromatic heterocycles. The van der Waals surface area contributed by atoms with Crippen molar-refractivity contribution >= 4 is 16.6 Å². The summed E-state index contributed by atoms with van der Waals surface area (Å²) in [5, 5.41) is 9.69. The summed E-state index contributed by atoms with van der Waals surface area (Å²) in [6.45, 7) is 2.80. The second kappa shape index (κ2) is 8.13. The highest BCUT2D eigenvalue weighted by Crippen LogP contribution is 2.27. The number of nitrogens with zero attached hydrogens (tertiary/aromatic N) is 5. The molecule has 0 fully saturated rings. The first kappa shape index (κ1) is 20.1. The van der Waals surface area contributed by atoms with Crippen LogP contribution in [0, 0.1) is 24.6 Å². The van der Waals surface area contributed by atoms with Gasteiger partial charge in [0.1, 0.15) is 18.2 Å². The van der Waals surface area contributed by atoms with Crippen molar-refractivity contribution in [3.05, 3.63) is 113 Å². The lowest BCUT2D eigenvalue weighted by atomic mass is 9.98. The molecule has 5 nitrogen and oxygen atoms in total. The highest BCUT2D eigenvalue weighted by Gasteiger charge is 2.23. The second-order valence-electron chi connectivity index (χ2n) is 8.18. The van der Waals surface area contributed by atoms with Gasteiger partial charge in [0.05, 0.1) is 17.9 Å². The largest absolute Gasteiger partial charge is 0.336 e. The molecule has 0 radical (unpaired) electrons. The van der Waals surface area contributed by atoms with Gasteiger partial charge in [-0.05, 0) is 54.8 Å². The molecule has 0 amide bonds. The first-order valence-corrected chi connectivity index (χ1v) is 11.1. The Labute approximate surface area is 196 Å². The minimum atomic E-state index is -0.308. The Balaban J connectivity index is 1.43. The molecule has 3 aromatic carbocycles. The molecule has 5 aromatic rings. The molecule has 0 atom stereocenters. The number of rotatable bonds is 2. The van der Waals surface area contributed by atoms with Crippen LogP contribution < -0.4 is 0 Å². The van der Waals surface area contributed by atoms with E-state index in [4.69, 9.17) is 4.99 Å². The molecular formula is C28H20FN5. The molecule has 1 aliphatic rings. The van der Waals surface area contributed by atoms with Crippen molar-refractivity contribution in [1.29, 1.82) is 0 Å². The zero-order valence-corrected chi connectivity index (χ0v) is 18.5. The number of benzene rings is 3. The fourth-order valence-electron chi connectivity index (χ4n) is 4.44. The zero-order chi connectivity index (χ0) is 23.1. The number of aromatic nitrogens is 4. The van der Waals surface area contributed by atoms with Crippen molar-refractivity contribution in [2.45, 2.75) is 20.0 Å². The van der Waals surface area contributed by atoms with Crippen LogP contribution in [-0.2, 0) is 13.1 Å². The van der Waals surface area contributed by atoms with Gasteiger partial charge in [-0.3, -0.25) is 9.56 Å². The van der Waals surface area contributed by atoms with Crippen molar-refractivity contribution in [2.24, 2.45) is 4.99 Å². The van der Waals surface area contributed by atoms with E-state index in [2.05, 4.69) is 51.0 Å². The topological polar surface area (TPSA) is 48.0 Å². The average Bonchev–Trinajstić information content (AvgIpc) is 3.39. The van der Waals surface area contributed by atoms with Crippen molar-refractivity contribution in [3.8, 4) is 17.5 Å². The van der Waals surface area contributed by atoms with Crippen LogP contribution in [0.5, 0.6) is 0 Å². The van der Waals surface area contributed by atoms with Gasteiger partial charge < -0.3 is 4.57 Å². The van der Waals surface area contributed by atoms with Crippen LogP contribution in [0.25, 0.3) is 16.6 Å². The molecule has 0 saturated carbocycles. The van der Waals surface area contributed by atoms with Crippen molar-refractivity contribution in [1.82, 2.24) is 19.3 Å². The van der Waals surface area contributed by atoms with E-state index in [1.54, 1.807) is 12.1 Å². The highest BCUT2D eigenvalue weighted by molar-refractivity contribution is 6.15. The Kier molecular flexibility index (Phi) is 4.81. The Hall–Kier alpha value is -4.50. The molecule has 0 saturated heterocycles. The maximum atomic E-state index is 14.8. The molecule has 0 unspecified atom stereocenters. The van der Waals surface area contributed by atoms with Crippen molar-refractivity contribution in [2.75, 3.05) is 0 Å². The van der Waals surface area contributed by atoms with Gasteiger partial charge in [-0.1, -0.05) is 42.2 Å². The normalized spacial score (nSPS) is 12.4. The third-order valence-electron chi connectivity index (χ3n) is 6.05. The van der Waals surface area contributed by atoms with Gasteiger partial charge in [0, 0.05) is 28.4 Å². The van der Waals surface area contributed by atoms with Crippen molar-refractivity contribution in [3.63, 3.8) is 0 Å². The van der Waals surface area contributed by atoms with Crippen LogP contribution in [0.2, 0.25) is 0 Å². The van der Waals surface area contributed by atoms with Gasteiger partial charge in [0.2, 0.25) is 0 Å². The van der Waals surface area contributed by atoms with E-state index in [0.29, 0.717) is 24.4 Å². The molecule has 0 N–H and O–H groups in total. The van der Waals surface area contributed by atoms with Gasteiger partial charge in [-0.2, -0.15) is 0 Å². The number of fused-ring (bicyclic) bond motifs is 4. The summed E-state index contributed by atoms with van der Waals surface area (Å²) >= 11 is 0. The Bertz CT molecular complexity index is 1640. The standard InChI is InChI=1S/C28H20FN5/c1-19-31-32-27-18-30-28(22-9-3-4-10-24(22)29)23-17-20(12-13-26(23)34(19)27)7-6-15-33-16-14-21-8-2-5-11-25(21)33/h2-5,8-14,16-17H,15,18H2,1H3. The van der Waals surface area contributed by atoms with E-state index in [9.17, 15) is 4.39 Å². The maximum Gasteiger partial charge on any atom is 0.159 e. The number of aliphatic imine (C=N–C) groups is 1. The summed E-state index contributed by atoms with van der Waals surface area (Å²) in [6, 6.07) is 23.0. The van der Waals surface area contributed by atoms with Gasteiger partial charge in [0.25, 0.3) is 0 Å². The van der Waals surface area contributed by atoms with Crippen LogP contribution in [0.4, 0.5) is 4.39 Å². The van der Waals surface area contributed by atoms with Crippen LogP contribution in [0.15, 0.2) is 84.0 Å². The number of halogens is 1. The quantitative estimate of drug-likeness (QED) is 0.356. The third kappa shape index (κ3) is 3.39. The van der Waals surface area contributed by atoms with Crippen molar-refractivity contribution < 1.29 is 4.39 Å². The Morgan fingerprint density at radius 2 is 1.79 bits per heavy atom. The van der Waals surface area contributed by atoms with E-state index in [-0.39, 0.29) is 5.82 Å². The first-order valence-electron chi connectivity index (χ1n) is 11.1. The Morgan fingerprint density at radius 3 is 2.71 bits per heavy atom. The molecule has 0 aliphatic carbocycles. The fraction of sp³-hybridized carbons (Fsp3) is 0.107. The number of hydrogen-bond acceptors (Lipinski definition) is 3.